The Balaban J connectivity index is 1.79. The summed E-state index contributed by atoms with van der Waals surface area (Å²) in [6.07, 6.45) is 1.87. The Morgan fingerprint density at radius 3 is 2.15 bits per heavy atom. The summed E-state index contributed by atoms with van der Waals surface area (Å²) in [5, 5.41) is 1.29. The number of hydrogen-bond donors (Lipinski definition) is 0. The van der Waals surface area contributed by atoms with Crippen molar-refractivity contribution in [3.05, 3.63) is 62.3 Å². The molecule has 2 aromatic rings. The maximum Gasteiger partial charge on any atom is 0.165 e. The first-order valence-electron chi connectivity index (χ1n) is 7.60. The summed E-state index contributed by atoms with van der Waals surface area (Å²) in [5.74, 6) is 1.53. The Kier molecular flexibility index (Phi) is 8.85. The van der Waals surface area contributed by atoms with Crippen molar-refractivity contribution in [3.8, 4) is 17.2 Å². The second-order valence-corrected chi connectivity index (χ2v) is 7.03. The van der Waals surface area contributed by atoms with Crippen LogP contribution in [0.15, 0.2) is 47.2 Å². The maximum atomic E-state index is 12.6. The van der Waals surface area contributed by atoms with E-state index in [-0.39, 0.29) is 6.61 Å². The van der Waals surface area contributed by atoms with Crippen LogP contribution in [0.5, 0.6) is 17.2 Å². The first kappa shape index (κ1) is 21.2. The molecule has 0 atom stereocenters. The monoisotopic (exact) mass is 482 g/mol. The molecule has 0 aromatic heterocycles. The van der Waals surface area contributed by atoms with E-state index in [4.69, 9.17) is 49.0 Å². The Morgan fingerprint density at radius 1 is 0.923 bits per heavy atom. The fourth-order valence-electron chi connectivity index (χ4n) is 1.91. The van der Waals surface area contributed by atoms with Gasteiger partial charge in [0.15, 0.2) is 10.5 Å². The van der Waals surface area contributed by atoms with Gasteiger partial charge >= 0.3 is 0 Å². The van der Waals surface area contributed by atoms with Crippen LogP contribution in [0.25, 0.3) is 0 Å². The molecule has 0 bridgehead atoms. The molecule has 0 saturated heterocycles. The molecule has 0 saturated carbocycles. The number of hydrogen-bond acceptors (Lipinski definition) is 3. The Labute approximate surface area is 174 Å². The normalized spacial score (nSPS) is 11.3. The van der Waals surface area contributed by atoms with Crippen molar-refractivity contribution in [2.45, 2.75) is 6.42 Å². The molecule has 0 amide bonds. The summed E-state index contributed by atoms with van der Waals surface area (Å²) < 4.78 is 28.6. The third-order valence-corrected chi connectivity index (χ3v) is 4.21. The van der Waals surface area contributed by atoms with Gasteiger partial charge in [-0.2, -0.15) is 4.39 Å². The van der Waals surface area contributed by atoms with Gasteiger partial charge in [-0.25, -0.2) is 0 Å². The lowest BCUT2D eigenvalue weighted by Crippen LogP contribution is -2.05. The van der Waals surface area contributed by atoms with Gasteiger partial charge in [-0.1, -0.05) is 34.8 Å². The molecule has 0 aliphatic rings. The molecule has 3 nitrogen and oxygen atoms in total. The molecule has 0 radical (unpaired) electrons. The second kappa shape index (κ2) is 10.9. The van der Waals surface area contributed by atoms with Crippen LogP contribution in [-0.2, 0) is 0 Å². The smallest absolute Gasteiger partial charge is 0.165 e. The van der Waals surface area contributed by atoms with Crippen molar-refractivity contribution in [3.63, 3.8) is 0 Å². The van der Waals surface area contributed by atoms with Gasteiger partial charge in [0.2, 0.25) is 0 Å². The van der Waals surface area contributed by atoms with Crippen molar-refractivity contribution >= 4 is 50.7 Å². The van der Waals surface area contributed by atoms with Gasteiger partial charge in [-0.05, 0) is 46.3 Å². The molecule has 0 aliphatic heterocycles. The zero-order valence-corrected chi connectivity index (χ0v) is 17.3. The van der Waals surface area contributed by atoms with E-state index < -0.39 is 4.74 Å². The first-order valence-corrected chi connectivity index (χ1v) is 9.52. The minimum absolute atomic E-state index is 0.0476. The average molecular weight is 485 g/mol. The third-order valence-electron chi connectivity index (χ3n) is 3.08. The fourth-order valence-corrected chi connectivity index (χ4v) is 2.75. The van der Waals surface area contributed by atoms with Gasteiger partial charge in [-0.3, -0.25) is 0 Å². The molecule has 0 N–H and O–H groups in total. The molecule has 0 spiro atoms. The highest BCUT2D eigenvalue weighted by Gasteiger charge is 2.10. The minimum atomic E-state index is -0.504. The van der Waals surface area contributed by atoms with Crippen LogP contribution in [-0.4, -0.2) is 19.8 Å². The van der Waals surface area contributed by atoms with Gasteiger partial charge in [0.05, 0.1) is 23.3 Å². The molecule has 0 aliphatic carbocycles. The van der Waals surface area contributed by atoms with Crippen molar-refractivity contribution in [2.24, 2.45) is 0 Å². The molecule has 2 aromatic carbocycles. The summed E-state index contributed by atoms with van der Waals surface area (Å²) in [6, 6.07) is 10.2. The van der Waals surface area contributed by atoms with Crippen LogP contribution >= 0.6 is 50.7 Å². The zero-order chi connectivity index (χ0) is 18.9. The van der Waals surface area contributed by atoms with Crippen LogP contribution < -0.4 is 14.2 Å². The summed E-state index contributed by atoms with van der Waals surface area (Å²) in [4.78, 5) is 0. The van der Waals surface area contributed by atoms with Crippen LogP contribution in [0.3, 0.4) is 0 Å². The van der Waals surface area contributed by atoms with Crippen molar-refractivity contribution in [2.75, 3.05) is 19.8 Å². The lowest BCUT2D eigenvalue weighted by molar-refractivity contribution is 0.247. The summed E-state index contributed by atoms with van der Waals surface area (Å²) >= 11 is 20.8. The Bertz CT molecular complexity index is 727. The fraction of sp³-hybridized carbons (Fsp3) is 0.222. The number of rotatable bonds is 9. The Morgan fingerprint density at radius 2 is 1.54 bits per heavy atom. The van der Waals surface area contributed by atoms with Crippen molar-refractivity contribution in [1.29, 1.82) is 0 Å². The highest BCUT2D eigenvalue weighted by atomic mass is 79.9. The van der Waals surface area contributed by atoms with Gasteiger partial charge in [-0.15, -0.1) is 0 Å². The predicted molar refractivity (Wildman–Crippen MR) is 107 cm³/mol. The average Bonchev–Trinajstić information content (AvgIpc) is 2.58. The molecule has 0 unspecified atom stereocenters. The molecule has 2 rings (SSSR count). The summed E-state index contributed by atoms with van der Waals surface area (Å²) in [7, 11) is 0. The SMILES string of the molecule is FC(Br)=CCOc1cc(Cl)c(OCCCOc2ccc(Cl)cc2)c(Cl)c1. The van der Waals surface area contributed by atoms with Gasteiger partial charge in [0.25, 0.3) is 0 Å². The van der Waals surface area contributed by atoms with Crippen molar-refractivity contribution in [1.82, 2.24) is 0 Å². The molecule has 0 fully saturated rings. The molecule has 26 heavy (non-hydrogen) atoms. The molecular weight excluding hydrogens is 469 g/mol. The van der Waals surface area contributed by atoms with Gasteiger partial charge in [0, 0.05) is 23.6 Å². The summed E-state index contributed by atoms with van der Waals surface area (Å²) in [5.41, 5.74) is 0. The van der Waals surface area contributed by atoms with Gasteiger partial charge in [0.1, 0.15) is 18.1 Å². The zero-order valence-electron chi connectivity index (χ0n) is 13.5. The van der Waals surface area contributed by atoms with Crippen LogP contribution in [0, 0.1) is 0 Å². The molecule has 8 heteroatoms. The molecule has 0 heterocycles. The number of halogens is 5. The van der Waals surface area contributed by atoms with E-state index in [1.165, 1.54) is 6.08 Å². The van der Waals surface area contributed by atoms with E-state index in [0.717, 1.165) is 5.75 Å². The van der Waals surface area contributed by atoms with E-state index in [1.54, 1.807) is 36.4 Å². The van der Waals surface area contributed by atoms with Crippen LogP contribution in [0.2, 0.25) is 15.1 Å². The lowest BCUT2D eigenvalue weighted by atomic mass is 10.3. The topological polar surface area (TPSA) is 27.7 Å². The van der Waals surface area contributed by atoms with E-state index in [1.807, 2.05) is 0 Å². The minimum Gasteiger partial charge on any atom is -0.493 e. The van der Waals surface area contributed by atoms with Crippen molar-refractivity contribution < 1.29 is 18.6 Å². The van der Waals surface area contributed by atoms with Gasteiger partial charge < -0.3 is 14.2 Å². The predicted octanol–water partition coefficient (Wildman–Crippen LogP) is 7.08. The summed E-state index contributed by atoms with van der Waals surface area (Å²) in [6.45, 7) is 0.902. The highest BCUT2D eigenvalue weighted by Crippen LogP contribution is 2.37. The Hall–Kier alpha value is -1.14. The quantitative estimate of drug-likeness (QED) is 0.356. The standard InChI is InChI=1S/C18H15BrCl3FO3/c19-17(23)6-9-25-14-10-15(21)18(16(22)11-14)26-8-1-7-24-13-4-2-12(20)3-5-13/h2-6,10-11H,1,7-9H2. The lowest BCUT2D eigenvalue weighted by Gasteiger charge is -2.12. The molecular formula is C18H15BrCl3FO3. The number of ether oxygens (including phenoxy) is 3. The second-order valence-electron chi connectivity index (χ2n) is 5.03. The first-order chi connectivity index (χ1) is 12.5. The third kappa shape index (κ3) is 7.23. The largest absolute Gasteiger partial charge is 0.493 e. The molecule has 140 valence electrons. The van der Waals surface area contributed by atoms with Crippen LogP contribution in [0.1, 0.15) is 6.42 Å². The maximum absolute atomic E-state index is 12.6. The van der Waals surface area contributed by atoms with E-state index in [0.29, 0.717) is 46.2 Å². The van der Waals surface area contributed by atoms with E-state index in [2.05, 4.69) is 15.9 Å². The van der Waals surface area contributed by atoms with Crippen LogP contribution in [0.4, 0.5) is 4.39 Å². The highest BCUT2D eigenvalue weighted by molar-refractivity contribution is 9.11. The van der Waals surface area contributed by atoms with E-state index >= 15 is 0 Å². The number of benzene rings is 2. The van der Waals surface area contributed by atoms with E-state index in [9.17, 15) is 4.39 Å².